The highest BCUT2D eigenvalue weighted by atomic mass is 35.5. The molecule has 2 rings (SSSR count). The number of anilines is 1. The van der Waals surface area contributed by atoms with Crippen LogP contribution in [0.1, 0.15) is 15.9 Å². The Kier molecular flexibility index (Phi) is 7.88. The maximum Gasteiger partial charge on any atom is 0.417 e. The molecule has 0 atom stereocenters. The number of alkyl halides is 3. The van der Waals surface area contributed by atoms with Crippen molar-refractivity contribution in [1.29, 1.82) is 0 Å². The SMILES string of the molecule is O=C(COC(=O)CNC(=O)c1ccc(Cl)c(Cl)c1)Nc1ncc(C(F)(F)F)cc1Cl. The van der Waals surface area contributed by atoms with Crippen LogP contribution in [0.2, 0.25) is 15.1 Å². The molecule has 0 bridgehead atoms. The number of halogens is 6. The van der Waals surface area contributed by atoms with Crippen molar-refractivity contribution in [2.45, 2.75) is 6.18 Å². The summed E-state index contributed by atoms with van der Waals surface area (Å²) in [6, 6.07) is 4.69. The van der Waals surface area contributed by atoms with E-state index < -0.39 is 47.7 Å². The Morgan fingerprint density at radius 3 is 2.33 bits per heavy atom. The van der Waals surface area contributed by atoms with Crippen LogP contribution in [0, 0.1) is 0 Å². The lowest BCUT2D eigenvalue weighted by Gasteiger charge is -2.10. The number of amides is 2. The first kappa shape index (κ1) is 23.7. The van der Waals surface area contributed by atoms with Gasteiger partial charge in [-0.3, -0.25) is 14.4 Å². The van der Waals surface area contributed by atoms with Gasteiger partial charge >= 0.3 is 12.1 Å². The summed E-state index contributed by atoms with van der Waals surface area (Å²) in [5.74, 6) is -2.80. The molecule has 0 saturated heterocycles. The molecule has 30 heavy (non-hydrogen) atoms. The van der Waals surface area contributed by atoms with E-state index in [1.807, 2.05) is 0 Å². The standard InChI is InChI=1S/C17H11Cl3F3N3O4/c18-10-2-1-8(3-11(10)19)16(29)25-6-14(28)30-7-13(27)26-15-12(20)4-9(5-24-15)17(21,22)23/h1-5H,6-7H2,(H,25,29)(H,24,26,27). The van der Waals surface area contributed by atoms with Crippen LogP contribution in [0.3, 0.4) is 0 Å². The van der Waals surface area contributed by atoms with Crippen LogP contribution in [0.5, 0.6) is 0 Å². The zero-order valence-electron chi connectivity index (χ0n) is 14.6. The molecule has 0 radical (unpaired) electrons. The second-order valence-electron chi connectivity index (χ2n) is 5.57. The van der Waals surface area contributed by atoms with Gasteiger partial charge in [0.1, 0.15) is 6.54 Å². The minimum absolute atomic E-state index is 0.151. The van der Waals surface area contributed by atoms with Crippen LogP contribution in [0.15, 0.2) is 30.5 Å². The molecule has 1 heterocycles. The third-order valence-electron chi connectivity index (χ3n) is 3.37. The van der Waals surface area contributed by atoms with Crippen LogP contribution in [-0.4, -0.2) is 35.9 Å². The summed E-state index contributed by atoms with van der Waals surface area (Å²) < 4.78 is 42.3. The predicted molar refractivity (Wildman–Crippen MR) is 103 cm³/mol. The number of hydrogen-bond acceptors (Lipinski definition) is 5. The molecule has 0 spiro atoms. The topological polar surface area (TPSA) is 97.4 Å². The van der Waals surface area contributed by atoms with E-state index in [0.29, 0.717) is 12.3 Å². The Labute approximate surface area is 182 Å². The number of rotatable bonds is 6. The fourth-order valence-corrected chi connectivity index (χ4v) is 2.45. The summed E-state index contributed by atoms with van der Waals surface area (Å²) in [5, 5.41) is 4.32. The maximum absolute atomic E-state index is 12.6. The lowest BCUT2D eigenvalue weighted by Crippen LogP contribution is -2.32. The minimum atomic E-state index is -4.64. The van der Waals surface area contributed by atoms with Crippen molar-refractivity contribution >= 4 is 58.4 Å². The minimum Gasteiger partial charge on any atom is -0.454 e. The molecule has 0 aliphatic rings. The molecule has 1 aromatic heterocycles. The normalized spacial score (nSPS) is 11.0. The summed E-state index contributed by atoms with van der Waals surface area (Å²) in [6.45, 7) is -1.33. The fraction of sp³-hybridized carbons (Fsp3) is 0.176. The van der Waals surface area contributed by atoms with Gasteiger partial charge in [-0.05, 0) is 24.3 Å². The van der Waals surface area contributed by atoms with Crippen LogP contribution in [0.25, 0.3) is 0 Å². The van der Waals surface area contributed by atoms with Crippen LogP contribution in [0.4, 0.5) is 19.0 Å². The molecule has 160 valence electrons. The Morgan fingerprint density at radius 1 is 1.03 bits per heavy atom. The molecule has 2 N–H and O–H groups in total. The first-order valence-corrected chi connectivity index (χ1v) is 9.02. The third kappa shape index (κ3) is 6.75. The average Bonchev–Trinajstić information content (AvgIpc) is 2.67. The number of hydrogen-bond donors (Lipinski definition) is 2. The van der Waals surface area contributed by atoms with Gasteiger partial charge in [0.2, 0.25) is 0 Å². The molecule has 0 aliphatic heterocycles. The lowest BCUT2D eigenvalue weighted by atomic mass is 10.2. The van der Waals surface area contributed by atoms with Gasteiger partial charge in [0.05, 0.1) is 20.6 Å². The number of esters is 1. The highest BCUT2D eigenvalue weighted by molar-refractivity contribution is 6.42. The zero-order chi connectivity index (χ0) is 22.5. The number of benzene rings is 1. The van der Waals surface area contributed by atoms with Gasteiger partial charge in [-0.2, -0.15) is 13.2 Å². The van der Waals surface area contributed by atoms with Crippen molar-refractivity contribution in [2.24, 2.45) is 0 Å². The maximum atomic E-state index is 12.6. The summed E-state index contributed by atoms with van der Waals surface area (Å²) in [5.41, 5.74) is -0.937. The van der Waals surface area contributed by atoms with Gasteiger partial charge in [-0.1, -0.05) is 34.8 Å². The first-order chi connectivity index (χ1) is 14.0. The van der Waals surface area contributed by atoms with Crippen molar-refractivity contribution in [3.63, 3.8) is 0 Å². The second-order valence-corrected chi connectivity index (χ2v) is 6.79. The van der Waals surface area contributed by atoms with E-state index in [0.717, 1.165) is 0 Å². The molecule has 2 amide bonds. The number of aromatic nitrogens is 1. The summed E-state index contributed by atoms with van der Waals surface area (Å²) in [7, 11) is 0. The monoisotopic (exact) mass is 483 g/mol. The third-order valence-corrected chi connectivity index (χ3v) is 4.39. The van der Waals surface area contributed by atoms with Gasteiger partial charge in [0.15, 0.2) is 12.4 Å². The Hall–Kier alpha value is -2.56. The Morgan fingerprint density at radius 2 is 1.73 bits per heavy atom. The number of nitrogens with one attached hydrogen (secondary N) is 2. The van der Waals surface area contributed by atoms with Crippen molar-refractivity contribution in [1.82, 2.24) is 10.3 Å². The van der Waals surface area contributed by atoms with Crippen molar-refractivity contribution < 1.29 is 32.3 Å². The molecular formula is C17H11Cl3F3N3O4. The molecule has 0 fully saturated rings. The smallest absolute Gasteiger partial charge is 0.417 e. The lowest BCUT2D eigenvalue weighted by molar-refractivity contribution is -0.146. The van der Waals surface area contributed by atoms with E-state index in [2.05, 4.69) is 20.4 Å². The molecule has 2 aromatic rings. The van der Waals surface area contributed by atoms with E-state index in [9.17, 15) is 27.6 Å². The highest BCUT2D eigenvalue weighted by Crippen LogP contribution is 2.32. The number of nitrogens with zero attached hydrogens (tertiary/aromatic N) is 1. The van der Waals surface area contributed by atoms with E-state index in [1.54, 1.807) is 0 Å². The molecular weight excluding hydrogens is 474 g/mol. The molecule has 7 nitrogen and oxygen atoms in total. The molecule has 13 heteroatoms. The largest absolute Gasteiger partial charge is 0.454 e. The highest BCUT2D eigenvalue weighted by Gasteiger charge is 2.31. The number of ether oxygens (including phenoxy) is 1. The van der Waals surface area contributed by atoms with Crippen LogP contribution < -0.4 is 10.6 Å². The molecule has 0 aliphatic carbocycles. The van der Waals surface area contributed by atoms with Crippen LogP contribution in [-0.2, 0) is 20.5 Å². The zero-order valence-corrected chi connectivity index (χ0v) is 16.9. The van der Waals surface area contributed by atoms with E-state index in [-0.39, 0.29) is 21.4 Å². The number of carbonyl (C=O) groups is 3. The van der Waals surface area contributed by atoms with Gasteiger partial charge in [0, 0.05) is 11.8 Å². The predicted octanol–water partition coefficient (Wildman–Crippen LogP) is 3.97. The molecule has 1 aromatic carbocycles. The van der Waals surface area contributed by atoms with Crippen molar-refractivity contribution in [3.05, 3.63) is 56.7 Å². The van der Waals surface area contributed by atoms with E-state index in [4.69, 9.17) is 34.8 Å². The van der Waals surface area contributed by atoms with Gasteiger partial charge in [0.25, 0.3) is 11.8 Å². The average molecular weight is 485 g/mol. The van der Waals surface area contributed by atoms with Gasteiger partial charge < -0.3 is 15.4 Å². The fourth-order valence-electron chi connectivity index (χ4n) is 1.94. The Balaban J connectivity index is 1.81. The number of pyridine rings is 1. The second kappa shape index (κ2) is 9.96. The van der Waals surface area contributed by atoms with Crippen molar-refractivity contribution in [2.75, 3.05) is 18.5 Å². The summed E-state index contributed by atoms with van der Waals surface area (Å²) >= 11 is 17.2. The Bertz CT molecular complexity index is 986. The van der Waals surface area contributed by atoms with E-state index in [1.165, 1.54) is 18.2 Å². The van der Waals surface area contributed by atoms with Crippen molar-refractivity contribution in [3.8, 4) is 0 Å². The van der Waals surface area contributed by atoms with Crippen LogP contribution >= 0.6 is 34.8 Å². The summed E-state index contributed by atoms with van der Waals surface area (Å²) in [4.78, 5) is 38.7. The van der Waals surface area contributed by atoms with Gasteiger partial charge in [-0.15, -0.1) is 0 Å². The first-order valence-electron chi connectivity index (χ1n) is 7.89. The quantitative estimate of drug-likeness (QED) is 0.605. The molecule has 0 unspecified atom stereocenters. The molecule has 0 saturated carbocycles. The van der Waals surface area contributed by atoms with E-state index >= 15 is 0 Å². The number of carbonyl (C=O) groups excluding carboxylic acids is 3. The van der Waals surface area contributed by atoms with Gasteiger partial charge in [-0.25, -0.2) is 4.98 Å². The summed E-state index contributed by atoms with van der Waals surface area (Å²) in [6.07, 6.45) is -4.15.